The van der Waals surface area contributed by atoms with Gasteiger partial charge in [-0.25, -0.2) is 4.79 Å². The number of nitrogens with zero attached hydrogens (tertiary/aromatic N) is 3. The van der Waals surface area contributed by atoms with Gasteiger partial charge in [0.2, 0.25) is 17.6 Å². The van der Waals surface area contributed by atoms with Crippen molar-refractivity contribution in [3.05, 3.63) is 53.2 Å². The lowest BCUT2D eigenvalue weighted by atomic mass is 10.0. The molecule has 140 valence electrons. The van der Waals surface area contributed by atoms with E-state index in [9.17, 15) is 14.7 Å². The van der Waals surface area contributed by atoms with Gasteiger partial charge in [-0.3, -0.25) is 9.89 Å². The lowest BCUT2D eigenvalue weighted by Crippen LogP contribution is -2.34. The number of H-pyrrole nitrogens is 1. The van der Waals surface area contributed by atoms with Gasteiger partial charge in [0.25, 0.3) is 0 Å². The monoisotopic (exact) mass is 369 g/mol. The Kier molecular flexibility index (Phi) is 5.30. The number of rotatable bonds is 7. The topological polar surface area (TPSA) is 134 Å². The van der Waals surface area contributed by atoms with Gasteiger partial charge in [-0.15, -0.1) is 0 Å². The van der Waals surface area contributed by atoms with Crippen LogP contribution in [0.5, 0.6) is 0 Å². The van der Waals surface area contributed by atoms with Crippen LogP contribution in [-0.2, 0) is 16.0 Å². The Labute approximate surface area is 154 Å². The second kappa shape index (κ2) is 7.81. The normalized spacial score (nSPS) is 11.9. The summed E-state index contributed by atoms with van der Waals surface area (Å²) in [6, 6.07) is 8.16. The van der Waals surface area contributed by atoms with Crippen LogP contribution in [0.25, 0.3) is 11.4 Å². The van der Waals surface area contributed by atoms with E-state index in [-0.39, 0.29) is 12.8 Å². The first-order valence-corrected chi connectivity index (χ1v) is 8.37. The van der Waals surface area contributed by atoms with E-state index in [4.69, 9.17) is 4.52 Å². The maximum absolute atomic E-state index is 12.2. The molecule has 1 amide bonds. The van der Waals surface area contributed by atoms with Crippen LogP contribution in [0.4, 0.5) is 0 Å². The van der Waals surface area contributed by atoms with Crippen LogP contribution in [0.2, 0.25) is 0 Å². The van der Waals surface area contributed by atoms with Crippen molar-refractivity contribution in [3.63, 3.8) is 0 Å². The molecule has 3 rings (SSSR count). The van der Waals surface area contributed by atoms with Crippen LogP contribution < -0.4 is 5.32 Å². The molecule has 0 fully saturated rings. The molecule has 0 saturated heterocycles. The summed E-state index contributed by atoms with van der Waals surface area (Å²) in [7, 11) is 0. The molecule has 3 aromatic rings. The summed E-state index contributed by atoms with van der Waals surface area (Å²) in [6.07, 6.45) is 0.234. The molecule has 0 radical (unpaired) electrons. The van der Waals surface area contributed by atoms with E-state index in [0.29, 0.717) is 28.7 Å². The molecule has 1 aromatic carbocycles. The fourth-order valence-electron chi connectivity index (χ4n) is 2.76. The molecule has 9 heteroatoms. The highest BCUT2D eigenvalue weighted by Crippen LogP contribution is 2.20. The zero-order valence-electron chi connectivity index (χ0n) is 14.9. The molecule has 0 aliphatic heterocycles. The summed E-state index contributed by atoms with van der Waals surface area (Å²) >= 11 is 0. The molecule has 0 bridgehead atoms. The SMILES string of the molecule is Cc1n[nH]c(C)c1C(NC(=O)CCc1nc(-c2ccccc2)no1)C(=O)O. The molecule has 0 saturated carbocycles. The summed E-state index contributed by atoms with van der Waals surface area (Å²) in [4.78, 5) is 28.1. The van der Waals surface area contributed by atoms with Crippen molar-refractivity contribution in [2.45, 2.75) is 32.7 Å². The summed E-state index contributed by atoms with van der Waals surface area (Å²) in [5.74, 6) is -0.826. The van der Waals surface area contributed by atoms with Crippen molar-refractivity contribution >= 4 is 11.9 Å². The number of aromatic amines is 1. The molecule has 3 N–H and O–H groups in total. The fraction of sp³-hybridized carbons (Fsp3) is 0.278. The third-order valence-electron chi connectivity index (χ3n) is 4.09. The van der Waals surface area contributed by atoms with Gasteiger partial charge in [-0.1, -0.05) is 35.5 Å². The third kappa shape index (κ3) is 4.20. The maximum atomic E-state index is 12.2. The van der Waals surface area contributed by atoms with Crippen molar-refractivity contribution in [2.24, 2.45) is 0 Å². The number of hydrogen-bond donors (Lipinski definition) is 3. The number of carbonyl (C=O) groups is 2. The van der Waals surface area contributed by atoms with Crippen LogP contribution in [-0.4, -0.2) is 37.3 Å². The Balaban J connectivity index is 1.62. The fourth-order valence-corrected chi connectivity index (χ4v) is 2.76. The number of carboxylic acid groups (broad SMARTS) is 1. The summed E-state index contributed by atoms with van der Waals surface area (Å²) in [5, 5.41) is 22.6. The van der Waals surface area contributed by atoms with Crippen molar-refractivity contribution in [3.8, 4) is 11.4 Å². The predicted molar refractivity (Wildman–Crippen MR) is 94.6 cm³/mol. The number of aliphatic carboxylic acids is 1. The second-order valence-corrected chi connectivity index (χ2v) is 6.06. The lowest BCUT2D eigenvalue weighted by molar-refractivity contribution is -0.142. The molecule has 2 aromatic heterocycles. The van der Waals surface area contributed by atoms with Gasteiger partial charge < -0.3 is 14.9 Å². The molecule has 1 atom stereocenters. The lowest BCUT2D eigenvalue weighted by Gasteiger charge is -2.14. The summed E-state index contributed by atoms with van der Waals surface area (Å²) in [6.45, 7) is 3.39. The molecule has 9 nitrogen and oxygen atoms in total. The van der Waals surface area contributed by atoms with Gasteiger partial charge in [-0.2, -0.15) is 10.1 Å². The molecule has 2 heterocycles. The number of hydrogen-bond acceptors (Lipinski definition) is 6. The van der Waals surface area contributed by atoms with Gasteiger partial charge in [0.05, 0.1) is 5.69 Å². The van der Waals surface area contributed by atoms with Crippen molar-refractivity contribution in [1.29, 1.82) is 0 Å². The quantitative estimate of drug-likeness (QED) is 0.579. The average molecular weight is 369 g/mol. The standard InChI is InChI=1S/C18H19N5O4/c1-10-15(11(2)22-21-10)16(18(25)26)19-13(24)8-9-14-20-17(23-27-14)12-6-4-3-5-7-12/h3-7,16H,8-9H2,1-2H3,(H,19,24)(H,21,22)(H,25,26). The van der Waals surface area contributed by atoms with Gasteiger partial charge in [-0.05, 0) is 13.8 Å². The highest BCUT2D eigenvalue weighted by molar-refractivity contribution is 5.85. The van der Waals surface area contributed by atoms with Crippen molar-refractivity contribution < 1.29 is 19.2 Å². The Bertz CT molecular complexity index is 928. The van der Waals surface area contributed by atoms with E-state index in [1.807, 2.05) is 30.3 Å². The highest BCUT2D eigenvalue weighted by Gasteiger charge is 2.27. The van der Waals surface area contributed by atoms with Crippen molar-refractivity contribution in [2.75, 3.05) is 0 Å². The largest absolute Gasteiger partial charge is 0.479 e. The van der Waals surface area contributed by atoms with Crippen LogP contribution >= 0.6 is 0 Å². The van der Waals surface area contributed by atoms with E-state index in [2.05, 4.69) is 25.7 Å². The number of aryl methyl sites for hydroxylation is 3. The molecule has 0 aliphatic rings. The molecular weight excluding hydrogens is 350 g/mol. The van der Waals surface area contributed by atoms with E-state index in [1.165, 1.54) is 0 Å². The first kappa shape index (κ1) is 18.3. The van der Waals surface area contributed by atoms with E-state index in [0.717, 1.165) is 5.56 Å². The Morgan fingerprint density at radius 3 is 2.63 bits per heavy atom. The number of aromatic nitrogens is 4. The molecule has 27 heavy (non-hydrogen) atoms. The Morgan fingerprint density at radius 2 is 2.00 bits per heavy atom. The van der Waals surface area contributed by atoms with Crippen LogP contribution in [0.1, 0.15) is 35.3 Å². The second-order valence-electron chi connectivity index (χ2n) is 6.06. The van der Waals surface area contributed by atoms with E-state index < -0.39 is 17.9 Å². The van der Waals surface area contributed by atoms with Gasteiger partial charge >= 0.3 is 5.97 Å². The Hall–Kier alpha value is -3.49. The van der Waals surface area contributed by atoms with Crippen LogP contribution in [0.15, 0.2) is 34.9 Å². The zero-order chi connectivity index (χ0) is 19.4. The first-order chi connectivity index (χ1) is 13.0. The van der Waals surface area contributed by atoms with Crippen LogP contribution in [0, 0.1) is 13.8 Å². The molecule has 0 spiro atoms. The highest BCUT2D eigenvalue weighted by atomic mass is 16.5. The average Bonchev–Trinajstić information content (AvgIpc) is 3.26. The minimum Gasteiger partial charge on any atom is -0.479 e. The van der Waals surface area contributed by atoms with E-state index in [1.54, 1.807) is 13.8 Å². The number of carbonyl (C=O) groups excluding carboxylic acids is 1. The van der Waals surface area contributed by atoms with Gasteiger partial charge in [0.15, 0.2) is 6.04 Å². The number of amides is 1. The molecular formula is C18H19N5O4. The smallest absolute Gasteiger partial charge is 0.331 e. The minimum atomic E-state index is -1.17. The molecule has 1 unspecified atom stereocenters. The number of nitrogens with one attached hydrogen (secondary N) is 2. The first-order valence-electron chi connectivity index (χ1n) is 8.37. The van der Waals surface area contributed by atoms with Crippen LogP contribution in [0.3, 0.4) is 0 Å². The molecule has 0 aliphatic carbocycles. The van der Waals surface area contributed by atoms with Gasteiger partial charge in [0, 0.05) is 29.7 Å². The van der Waals surface area contributed by atoms with Gasteiger partial charge in [0.1, 0.15) is 0 Å². The number of carboxylic acids is 1. The summed E-state index contributed by atoms with van der Waals surface area (Å²) < 4.78 is 5.16. The van der Waals surface area contributed by atoms with E-state index >= 15 is 0 Å². The zero-order valence-corrected chi connectivity index (χ0v) is 14.9. The number of benzene rings is 1. The Morgan fingerprint density at radius 1 is 1.26 bits per heavy atom. The summed E-state index contributed by atoms with van der Waals surface area (Å²) in [5.41, 5.74) is 2.41. The minimum absolute atomic E-state index is 0.0240. The maximum Gasteiger partial charge on any atom is 0.331 e. The third-order valence-corrected chi connectivity index (χ3v) is 4.09. The van der Waals surface area contributed by atoms with Crippen molar-refractivity contribution in [1.82, 2.24) is 25.7 Å². The predicted octanol–water partition coefficient (Wildman–Crippen LogP) is 1.95.